The van der Waals surface area contributed by atoms with Gasteiger partial charge >= 0.3 is 0 Å². The standard InChI is InChI=1S/C19H11FN2O2/c20-14-5-1-3-12(9-14)18-19-15(6-8-22-18)16(23)10-17(24-19)13-4-2-7-21-11-13/h1-11H. The number of nitrogens with zero attached hydrogens (tertiary/aromatic N) is 2. The first kappa shape index (κ1) is 14.3. The van der Waals surface area contributed by atoms with Gasteiger partial charge in [-0.3, -0.25) is 14.8 Å². The summed E-state index contributed by atoms with van der Waals surface area (Å²) in [5.41, 5.74) is 1.80. The van der Waals surface area contributed by atoms with Crippen LogP contribution in [0.25, 0.3) is 33.6 Å². The summed E-state index contributed by atoms with van der Waals surface area (Å²) in [7, 11) is 0. The van der Waals surface area contributed by atoms with E-state index in [1.165, 1.54) is 24.4 Å². The van der Waals surface area contributed by atoms with E-state index in [2.05, 4.69) is 9.97 Å². The van der Waals surface area contributed by atoms with Crippen LogP contribution in [0.4, 0.5) is 4.39 Å². The lowest BCUT2D eigenvalue weighted by Gasteiger charge is -2.07. The molecule has 0 radical (unpaired) electrons. The minimum atomic E-state index is -0.378. The van der Waals surface area contributed by atoms with Crippen molar-refractivity contribution in [2.45, 2.75) is 0 Å². The lowest BCUT2D eigenvalue weighted by atomic mass is 10.1. The van der Waals surface area contributed by atoms with Crippen molar-refractivity contribution in [3.8, 4) is 22.6 Å². The fourth-order valence-corrected chi connectivity index (χ4v) is 2.57. The molecule has 0 fully saturated rings. The molecule has 0 saturated carbocycles. The number of pyridine rings is 2. The van der Waals surface area contributed by atoms with E-state index in [1.54, 1.807) is 42.7 Å². The number of aromatic nitrogens is 2. The summed E-state index contributed by atoms with van der Waals surface area (Å²) >= 11 is 0. The van der Waals surface area contributed by atoms with Crippen molar-refractivity contribution in [1.29, 1.82) is 0 Å². The molecule has 0 bridgehead atoms. The summed E-state index contributed by atoms with van der Waals surface area (Å²) < 4.78 is 19.5. The Kier molecular flexibility index (Phi) is 3.39. The number of rotatable bonds is 2. The van der Waals surface area contributed by atoms with E-state index in [4.69, 9.17) is 4.42 Å². The molecular weight excluding hydrogens is 307 g/mol. The van der Waals surface area contributed by atoms with Crippen molar-refractivity contribution >= 4 is 11.0 Å². The van der Waals surface area contributed by atoms with Crippen LogP contribution < -0.4 is 5.43 Å². The van der Waals surface area contributed by atoms with E-state index < -0.39 is 0 Å². The van der Waals surface area contributed by atoms with Gasteiger partial charge < -0.3 is 4.42 Å². The molecular formula is C19H11FN2O2. The van der Waals surface area contributed by atoms with Gasteiger partial charge in [-0.25, -0.2) is 4.39 Å². The van der Waals surface area contributed by atoms with Crippen molar-refractivity contribution in [2.75, 3.05) is 0 Å². The number of hydrogen-bond donors (Lipinski definition) is 0. The zero-order chi connectivity index (χ0) is 16.5. The molecule has 116 valence electrons. The van der Waals surface area contributed by atoms with Crippen molar-refractivity contribution in [1.82, 2.24) is 9.97 Å². The van der Waals surface area contributed by atoms with Gasteiger partial charge in [0.15, 0.2) is 11.0 Å². The van der Waals surface area contributed by atoms with Gasteiger partial charge in [-0.15, -0.1) is 0 Å². The molecule has 0 N–H and O–H groups in total. The Morgan fingerprint density at radius 3 is 2.62 bits per heavy atom. The second kappa shape index (κ2) is 5.70. The van der Waals surface area contributed by atoms with Crippen LogP contribution in [0.2, 0.25) is 0 Å². The lowest BCUT2D eigenvalue weighted by molar-refractivity contribution is 0.617. The van der Waals surface area contributed by atoms with E-state index in [-0.39, 0.29) is 11.2 Å². The Bertz CT molecular complexity index is 1090. The minimum absolute atomic E-state index is 0.185. The smallest absolute Gasteiger partial charge is 0.193 e. The molecule has 0 saturated heterocycles. The summed E-state index contributed by atoms with van der Waals surface area (Å²) in [5, 5.41) is 0.400. The van der Waals surface area contributed by atoms with Crippen molar-refractivity contribution < 1.29 is 8.81 Å². The molecule has 4 nitrogen and oxygen atoms in total. The topological polar surface area (TPSA) is 56.0 Å². The molecule has 0 spiro atoms. The number of hydrogen-bond acceptors (Lipinski definition) is 4. The molecule has 0 amide bonds. The van der Waals surface area contributed by atoms with Crippen molar-refractivity contribution in [3.05, 3.63) is 83.2 Å². The summed E-state index contributed by atoms with van der Waals surface area (Å²) in [4.78, 5) is 20.8. The molecule has 0 aliphatic rings. The third-order valence-corrected chi connectivity index (χ3v) is 3.69. The van der Waals surface area contributed by atoms with Crippen LogP contribution in [0.15, 0.2) is 76.3 Å². The van der Waals surface area contributed by atoms with Crippen LogP contribution >= 0.6 is 0 Å². The molecule has 0 unspecified atom stereocenters. The molecule has 3 heterocycles. The van der Waals surface area contributed by atoms with E-state index in [9.17, 15) is 9.18 Å². The Hall–Kier alpha value is -3.34. The van der Waals surface area contributed by atoms with Crippen LogP contribution in [-0.4, -0.2) is 9.97 Å². The molecule has 4 aromatic rings. The Morgan fingerprint density at radius 1 is 0.958 bits per heavy atom. The van der Waals surface area contributed by atoms with Crippen molar-refractivity contribution in [2.24, 2.45) is 0 Å². The van der Waals surface area contributed by atoms with Crippen LogP contribution in [0.5, 0.6) is 0 Å². The van der Waals surface area contributed by atoms with Gasteiger partial charge in [0.2, 0.25) is 0 Å². The molecule has 1 aromatic carbocycles. The van der Waals surface area contributed by atoms with Crippen LogP contribution in [0.1, 0.15) is 0 Å². The number of benzene rings is 1. The van der Waals surface area contributed by atoms with Crippen LogP contribution in [0.3, 0.4) is 0 Å². The van der Waals surface area contributed by atoms with Crippen molar-refractivity contribution in [3.63, 3.8) is 0 Å². The molecule has 3 aromatic heterocycles. The Balaban J connectivity index is 2.02. The highest BCUT2D eigenvalue weighted by Gasteiger charge is 2.13. The predicted molar refractivity (Wildman–Crippen MR) is 88.9 cm³/mol. The zero-order valence-corrected chi connectivity index (χ0v) is 12.4. The summed E-state index contributed by atoms with van der Waals surface area (Å²) in [6.07, 6.45) is 4.77. The predicted octanol–water partition coefficient (Wildman–Crippen LogP) is 4.06. The van der Waals surface area contributed by atoms with E-state index in [0.29, 0.717) is 33.6 Å². The van der Waals surface area contributed by atoms with Gasteiger partial charge in [-0.2, -0.15) is 0 Å². The normalized spacial score (nSPS) is 10.9. The van der Waals surface area contributed by atoms with Crippen LogP contribution in [-0.2, 0) is 0 Å². The highest BCUT2D eigenvalue weighted by molar-refractivity contribution is 5.90. The monoisotopic (exact) mass is 318 g/mol. The molecule has 5 heteroatoms. The van der Waals surface area contributed by atoms with Gasteiger partial charge in [0.25, 0.3) is 0 Å². The Labute approximate surface area is 136 Å². The second-order valence-electron chi connectivity index (χ2n) is 5.26. The van der Waals surface area contributed by atoms with E-state index in [1.807, 2.05) is 0 Å². The Morgan fingerprint density at radius 2 is 1.83 bits per heavy atom. The zero-order valence-electron chi connectivity index (χ0n) is 12.4. The van der Waals surface area contributed by atoms with Gasteiger partial charge in [0, 0.05) is 35.8 Å². The molecule has 4 rings (SSSR count). The SMILES string of the molecule is O=c1cc(-c2cccnc2)oc2c(-c3cccc(F)c3)nccc12. The summed E-state index contributed by atoms with van der Waals surface area (Å²) in [6, 6.07) is 12.6. The molecule has 24 heavy (non-hydrogen) atoms. The van der Waals surface area contributed by atoms with Gasteiger partial charge in [-0.1, -0.05) is 12.1 Å². The largest absolute Gasteiger partial charge is 0.453 e. The molecule has 0 aliphatic carbocycles. The molecule has 0 aliphatic heterocycles. The van der Waals surface area contributed by atoms with Gasteiger partial charge in [0.1, 0.15) is 17.3 Å². The lowest BCUT2D eigenvalue weighted by Crippen LogP contribution is -2.02. The fraction of sp³-hybridized carbons (Fsp3) is 0. The van der Waals surface area contributed by atoms with E-state index in [0.717, 1.165) is 0 Å². The highest BCUT2D eigenvalue weighted by atomic mass is 19.1. The summed E-state index contributed by atoms with van der Waals surface area (Å²) in [6.45, 7) is 0. The maximum atomic E-state index is 13.5. The fourth-order valence-electron chi connectivity index (χ4n) is 2.57. The number of fused-ring (bicyclic) bond motifs is 1. The van der Waals surface area contributed by atoms with Crippen LogP contribution in [0, 0.1) is 5.82 Å². The molecule has 0 atom stereocenters. The third kappa shape index (κ3) is 2.46. The van der Waals surface area contributed by atoms with Gasteiger partial charge in [0.05, 0.1) is 5.39 Å². The van der Waals surface area contributed by atoms with E-state index >= 15 is 0 Å². The average Bonchev–Trinajstić information content (AvgIpc) is 2.62. The number of halogens is 1. The highest BCUT2D eigenvalue weighted by Crippen LogP contribution is 2.28. The van der Waals surface area contributed by atoms with Gasteiger partial charge in [-0.05, 0) is 30.3 Å². The average molecular weight is 318 g/mol. The first-order valence-corrected chi connectivity index (χ1v) is 7.31. The maximum Gasteiger partial charge on any atom is 0.193 e. The first-order chi connectivity index (χ1) is 11.7. The third-order valence-electron chi connectivity index (χ3n) is 3.69. The first-order valence-electron chi connectivity index (χ1n) is 7.31. The quantitative estimate of drug-likeness (QED) is 0.559. The summed E-state index contributed by atoms with van der Waals surface area (Å²) in [5.74, 6) is 0.0170. The second-order valence-corrected chi connectivity index (χ2v) is 5.26. The maximum absolute atomic E-state index is 13.5. The minimum Gasteiger partial charge on any atom is -0.453 e.